The van der Waals surface area contributed by atoms with Gasteiger partial charge >= 0.3 is 0 Å². The van der Waals surface area contributed by atoms with Gasteiger partial charge in [-0.15, -0.1) is 0 Å². The second-order valence-electron chi connectivity index (χ2n) is 3.60. The van der Waals surface area contributed by atoms with Gasteiger partial charge in [-0.1, -0.05) is 29.4 Å². The van der Waals surface area contributed by atoms with Gasteiger partial charge in [-0.25, -0.2) is 0 Å². The molecule has 0 aliphatic heterocycles. The van der Waals surface area contributed by atoms with Crippen molar-refractivity contribution in [3.8, 4) is 16.9 Å². The summed E-state index contributed by atoms with van der Waals surface area (Å²) in [6.45, 7) is 0. The predicted molar refractivity (Wildman–Crippen MR) is 61.1 cm³/mol. The first kappa shape index (κ1) is 8.97. The maximum absolute atomic E-state index is 9.75. The van der Waals surface area contributed by atoms with E-state index in [1.807, 2.05) is 30.3 Å². The Morgan fingerprint density at radius 2 is 1.94 bits per heavy atom. The lowest BCUT2D eigenvalue weighted by molar-refractivity contribution is 0.456. The van der Waals surface area contributed by atoms with Crippen molar-refractivity contribution in [3.05, 3.63) is 48.7 Å². The highest BCUT2D eigenvalue weighted by molar-refractivity contribution is 5.84. The van der Waals surface area contributed by atoms with Crippen LogP contribution in [0.4, 0.5) is 0 Å². The molecule has 0 radical (unpaired) electrons. The Hall–Kier alpha value is -2.29. The molecule has 3 heteroatoms. The Morgan fingerprint density at radius 3 is 2.81 bits per heavy atom. The Bertz CT molecular complexity index is 643. The molecule has 0 atom stereocenters. The van der Waals surface area contributed by atoms with Crippen LogP contribution in [0.3, 0.4) is 0 Å². The van der Waals surface area contributed by atoms with Crippen molar-refractivity contribution >= 4 is 11.0 Å². The van der Waals surface area contributed by atoms with Gasteiger partial charge in [-0.3, -0.25) is 0 Å². The number of phenols is 1. The molecule has 3 aromatic rings. The van der Waals surface area contributed by atoms with Gasteiger partial charge in [0.15, 0.2) is 5.58 Å². The zero-order valence-electron chi connectivity index (χ0n) is 8.42. The largest absolute Gasteiger partial charge is 0.507 e. The number of nitrogens with zero attached hydrogens (tertiary/aromatic N) is 1. The Balaban J connectivity index is 2.22. The molecule has 1 aromatic heterocycles. The zero-order chi connectivity index (χ0) is 11.0. The second-order valence-corrected chi connectivity index (χ2v) is 3.60. The molecule has 3 rings (SSSR count). The lowest BCUT2D eigenvalue weighted by Gasteiger charge is -2.03. The number of aromatic hydroxyl groups is 1. The third-order valence-corrected chi connectivity index (χ3v) is 2.57. The molecule has 0 saturated heterocycles. The monoisotopic (exact) mass is 211 g/mol. The van der Waals surface area contributed by atoms with Gasteiger partial charge in [0.05, 0.1) is 6.20 Å². The van der Waals surface area contributed by atoms with E-state index in [2.05, 4.69) is 5.16 Å². The van der Waals surface area contributed by atoms with Crippen LogP contribution in [-0.2, 0) is 0 Å². The lowest BCUT2D eigenvalue weighted by atomic mass is 10.0. The minimum atomic E-state index is 0.276. The molecule has 1 heterocycles. The number of phenolic OH excluding ortho intramolecular Hbond substituents is 1. The lowest BCUT2D eigenvalue weighted by Crippen LogP contribution is -1.78. The molecule has 0 aliphatic carbocycles. The molecular formula is C13H9NO2. The summed E-state index contributed by atoms with van der Waals surface area (Å²) in [7, 11) is 0. The first-order chi connectivity index (χ1) is 7.84. The minimum Gasteiger partial charge on any atom is -0.507 e. The van der Waals surface area contributed by atoms with E-state index < -0.39 is 0 Å². The molecule has 1 N–H and O–H groups in total. The number of aromatic nitrogens is 1. The van der Waals surface area contributed by atoms with E-state index in [9.17, 15) is 5.11 Å². The molecule has 0 aliphatic rings. The van der Waals surface area contributed by atoms with Gasteiger partial charge < -0.3 is 9.63 Å². The van der Waals surface area contributed by atoms with Crippen LogP contribution in [0.1, 0.15) is 0 Å². The van der Waals surface area contributed by atoms with E-state index in [4.69, 9.17) is 4.52 Å². The summed E-state index contributed by atoms with van der Waals surface area (Å²) in [4.78, 5) is 0. The zero-order valence-corrected chi connectivity index (χ0v) is 8.42. The average Bonchev–Trinajstić information content (AvgIpc) is 2.76. The second kappa shape index (κ2) is 3.38. The van der Waals surface area contributed by atoms with Crippen LogP contribution < -0.4 is 0 Å². The van der Waals surface area contributed by atoms with E-state index in [0.29, 0.717) is 0 Å². The Morgan fingerprint density at radius 1 is 1.06 bits per heavy atom. The van der Waals surface area contributed by atoms with Crippen molar-refractivity contribution in [1.29, 1.82) is 0 Å². The van der Waals surface area contributed by atoms with Gasteiger partial charge in [0.25, 0.3) is 0 Å². The van der Waals surface area contributed by atoms with Crippen LogP contribution in [-0.4, -0.2) is 10.3 Å². The standard InChI is InChI=1S/C13H9NO2/c15-12-4-2-1-3-11(12)9-5-6-13-10(7-9)8-14-16-13/h1-8,15H. The van der Waals surface area contributed by atoms with Crippen molar-refractivity contribution < 1.29 is 9.63 Å². The molecule has 3 nitrogen and oxygen atoms in total. The molecule has 0 fully saturated rings. The van der Waals surface area contributed by atoms with E-state index in [1.54, 1.807) is 18.3 Å². The number of hydrogen-bond acceptors (Lipinski definition) is 3. The van der Waals surface area contributed by atoms with Gasteiger partial charge in [0, 0.05) is 10.9 Å². The number of rotatable bonds is 1. The molecule has 16 heavy (non-hydrogen) atoms. The van der Waals surface area contributed by atoms with E-state index in [-0.39, 0.29) is 5.75 Å². The van der Waals surface area contributed by atoms with E-state index in [1.165, 1.54) is 0 Å². The maximum Gasteiger partial charge on any atom is 0.166 e. The van der Waals surface area contributed by atoms with Crippen molar-refractivity contribution in [2.24, 2.45) is 0 Å². The average molecular weight is 211 g/mol. The fourth-order valence-electron chi connectivity index (χ4n) is 1.76. The summed E-state index contributed by atoms with van der Waals surface area (Å²) in [5.41, 5.74) is 2.51. The minimum absolute atomic E-state index is 0.276. The quantitative estimate of drug-likeness (QED) is 0.672. The SMILES string of the molecule is Oc1ccccc1-c1ccc2oncc2c1. The van der Waals surface area contributed by atoms with Gasteiger partial charge in [-0.05, 0) is 23.8 Å². The topological polar surface area (TPSA) is 46.3 Å². The van der Waals surface area contributed by atoms with Gasteiger partial charge in [0.2, 0.25) is 0 Å². The molecule has 0 amide bonds. The predicted octanol–water partition coefficient (Wildman–Crippen LogP) is 3.20. The van der Waals surface area contributed by atoms with Crippen LogP contribution in [0.25, 0.3) is 22.1 Å². The fraction of sp³-hybridized carbons (Fsp3) is 0. The molecule has 0 unspecified atom stereocenters. The Kier molecular flexibility index (Phi) is 1.90. The van der Waals surface area contributed by atoms with E-state index in [0.717, 1.165) is 22.1 Å². The first-order valence-corrected chi connectivity index (χ1v) is 4.97. The van der Waals surface area contributed by atoms with Crippen molar-refractivity contribution in [2.45, 2.75) is 0 Å². The summed E-state index contributed by atoms with van der Waals surface area (Å²) in [5, 5.41) is 14.4. The number of benzene rings is 2. The highest BCUT2D eigenvalue weighted by Gasteiger charge is 2.05. The summed E-state index contributed by atoms with van der Waals surface area (Å²) in [6.07, 6.45) is 1.67. The summed E-state index contributed by atoms with van der Waals surface area (Å²) < 4.78 is 5.03. The van der Waals surface area contributed by atoms with Crippen molar-refractivity contribution in [3.63, 3.8) is 0 Å². The molecule has 2 aromatic carbocycles. The van der Waals surface area contributed by atoms with E-state index >= 15 is 0 Å². The molecular weight excluding hydrogens is 202 g/mol. The van der Waals surface area contributed by atoms with Crippen LogP contribution in [0.5, 0.6) is 5.75 Å². The van der Waals surface area contributed by atoms with Gasteiger partial charge in [0.1, 0.15) is 5.75 Å². The summed E-state index contributed by atoms with van der Waals surface area (Å²) >= 11 is 0. The summed E-state index contributed by atoms with van der Waals surface area (Å²) in [6, 6.07) is 13.0. The van der Waals surface area contributed by atoms with Crippen molar-refractivity contribution in [1.82, 2.24) is 5.16 Å². The normalized spacial score (nSPS) is 10.8. The number of fused-ring (bicyclic) bond motifs is 1. The molecule has 0 saturated carbocycles. The third kappa shape index (κ3) is 1.34. The highest BCUT2D eigenvalue weighted by Crippen LogP contribution is 2.30. The number of para-hydroxylation sites is 1. The smallest absolute Gasteiger partial charge is 0.166 e. The van der Waals surface area contributed by atoms with Crippen LogP contribution >= 0.6 is 0 Å². The maximum atomic E-state index is 9.75. The molecule has 0 spiro atoms. The molecule has 0 bridgehead atoms. The van der Waals surface area contributed by atoms with Gasteiger partial charge in [-0.2, -0.15) is 0 Å². The highest BCUT2D eigenvalue weighted by atomic mass is 16.5. The summed E-state index contributed by atoms with van der Waals surface area (Å²) in [5.74, 6) is 0.276. The first-order valence-electron chi connectivity index (χ1n) is 4.97. The van der Waals surface area contributed by atoms with Crippen LogP contribution in [0, 0.1) is 0 Å². The van der Waals surface area contributed by atoms with Crippen molar-refractivity contribution in [2.75, 3.05) is 0 Å². The number of hydrogen-bond donors (Lipinski definition) is 1. The fourth-order valence-corrected chi connectivity index (χ4v) is 1.76. The van der Waals surface area contributed by atoms with Crippen LogP contribution in [0.15, 0.2) is 53.2 Å². The van der Waals surface area contributed by atoms with Crippen LogP contribution in [0.2, 0.25) is 0 Å². The Labute approximate surface area is 91.9 Å². The molecule has 78 valence electrons. The third-order valence-electron chi connectivity index (χ3n) is 2.57.